The van der Waals surface area contributed by atoms with Crippen LogP contribution in [-0.2, 0) is 15.7 Å². The number of rotatable bonds is 7. The number of hydrogen-bond acceptors (Lipinski definition) is 6. The normalized spacial score (nSPS) is 16.2. The molecule has 3 atom stereocenters. The number of methoxy groups -OCH3 is 1. The highest BCUT2D eigenvalue weighted by Gasteiger charge is 2.27. The fourth-order valence-corrected chi connectivity index (χ4v) is 3.53. The molecule has 0 spiro atoms. The van der Waals surface area contributed by atoms with Crippen LogP contribution in [0.4, 0.5) is 0 Å². The van der Waals surface area contributed by atoms with Gasteiger partial charge in [0.2, 0.25) is 0 Å². The number of nitrogens with one attached hydrogen (secondary N) is 1. The molecule has 0 saturated heterocycles. The lowest BCUT2D eigenvalue weighted by Gasteiger charge is -2.27. The minimum Gasteiger partial charge on any atom is -0.464 e. The number of ether oxygens (including phenoxy) is 1. The highest BCUT2D eigenvalue weighted by Crippen LogP contribution is 2.25. The Morgan fingerprint density at radius 1 is 1.48 bits per heavy atom. The van der Waals surface area contributed by atoms with E-state index in [1.54, 1.807) is 5.38 Å². The number of carbonyl (C=O) groups is 1. The highest BCUT2D eigenvalue weighted by molar-refractivity contribution is 7.84. The van der Waals surface area contributed by atoms with Gasteiger partial charge in [0.05, 0.1) is 22.8 Å². The molecule has 1 heterocycles. The summed E-state index contributed by atoms with van der Waals surface area (Å²) < 4.78 is 19.6. The Labute approximate surface area is 144 Å². The van der Waals surface area contributed by atoms with Crippen molar-refractivity contribution in [2.75, 3.05) is 7.11 Å². The first-order chi connectivity index (χ1) is 10.6. The second kappa shape index (κ2) is 8.32. The summed E-state index contributed by atoms with van der Waals surface area (Å²) in [5, 5.41) is 12.4. The van der Waals surface area contributed by atoms with E-state index in [0.29, 0.717) is 11.4 Å². The molecule has 0 aromatic carbocycles. The van der Waals surface area contributed by atoms with Crippen LogP contribution >= 0.6 is 11.3 Å². The number of esters is 1. The van der Waals surface area contributed by atoms with Gasteiger partial charge in [0.1, 0.15) is 11.1 Å². The van der Waals surface area contributed by atoms with Gasteiger partial charge < -0.3 is 9.84 Å². The molecular weight excluding hydrogens is 336 g/mol. The van der Waals surface area contributed by atoms with E-state index in [4.69, 9.17) is 0 Å². The van der Waals surface area contributed by atoms with Gasteiger partial charge in [-0.25, -0.2) is 18.7 Å². The van der Waals surface area contributed by atoms with Crippen LogP contribution < -0.4 is 4.72 Å². The third kappa shape index (κ3) is 5.95. The van der Waals surface area contributed by atoms with Gasteiger partial charge in [-0.1, -0.05) is 13.8 Å². The van der Waals surface area contributed by atoms with Crippen molar-refractivity contribution in [3.8, 4) is 0 Å². The molecule has 0 amide bonds. The first kappa shape index (κ1) is 20.2. The molecule has 0 bridgehead atoms. The maximum Gasteiger partial charge on any atom is 0.357 e. The average molecular weight is 363 g/mol. The van der Waals surface area contributed by atoms with Crippen molar-refractivity contribution < 1.29 is 18.8 Å². The summed E-state index contributed by atoms with van der Waals surface area (Å²) in [6, 6.07) is -0.129. The molecule has 1 aromatic rings. The zero-order valence-electron chi connectivity index (χ0n) is 14.5. The van der Waals surface area contributed by atoms with E-state index in [-0.39, 0.29) is 22.4 Å². The molecule has 0 radical (unpaired) electrons. The van der Waals surface area contributed by atoms with Crippen LogP contribution in [0.5, 0.6) is 0 Å². The fraction of sp³-hybridized carbons (Fsp3) is 0.733. The van der Waals surface area contributed by atoms with Crippen LogP contribution in [-0.4, -0.2) is 38.2 Å². The van der Waals surface area contributed by atoms with Crippen LogP contribution in [0.15, 0.2) is 5.38 Å². The first-order valence-electron chi connectivity index (χ1n) is 7.46. The standard InChI is InChI=1S/C15H26N2O4S2/c1-9(2)10(17-23(20)15(3,4)5)7-12(18)13-16-11(8-22-13)14(19)21-6/h8-10,12,17-18H,7H2,1-6H3/t10-,12-,23-/m1/s1. The van der Waals surface area contributed by atoms with Crippen LogP contribution in [0, 0.1) is 5.92 Å². The molecule has 0 aliphatic heterocycles. The van der Waals surface area contributed by atoms with Gasteiger partial charge in [-0.2, -0.15) is 0 Å². The van der Waals surface area contributed by atoms with Crippen molar-refractivity contribution in [3.05, 3.63) is 16.1 Å². The molecule has 8 heteroatoms. The molecule has 1 aromatic heterocycles. The summed E-state index contributed by atoms with van der Waals surface area (Å²) in [5.74, 6) is -0.330. The Morgan fingerprint density at radius 3 is 2.57 bits per heavy atom. The maximum atomic E-state index is 12.3. The summed E-state index contributed by atoms with van der Waals surface area (Å²) in [6.45, 7) is 9.70. The predicted molar refractivity (Wildman–Crippen MR) is 92.7 cm³/mol. The number of aliphatic hydroxyl groups is 1. The predicted octanol–water partition coefficient (Wildman–Crippen LogP) is 2.43. The molecule has 1 rings (SSSR count). The van der Waals surface area contributed by atoms with E-state index in [0.717, 1.165) is 0 Å². The third-order valence-electron chi connectivity index (χ3n) is 3.30. The lowest BCUT2D eigenvalue weighted by atomic mass is 9.99. The number of carbonyl (C=O) groups excluding carboxylic acids is 1. The van der Waals surface area contributed by atoms with E-state index in [1.165, 1.54) is 18.4 Å². The number of thiazole rings is 1. The lowest BCUT2D eigenvalue weighted by molar-refractivity contribution is 0.0594. The van der Waals surface area contributed by atoms with Gasteiger partial charge in [0.25, 0.3) is 0 Å². The van der Waals surface area contributed by atoms with Crippen molar-refractivity contribution >= 4 is 28.3 Å². The topological polar surface area (TPSA) is 88.5 Å². The van der Waals surface area contributed by atoms with Gasteiger partial charge in [-0.3, -0.25) is 0 Å². The highest BCUT2D eigenvalue weighted by atomic mass is 32.2. The first-order valence-corrected chi connectivity index (χ1v) is 9.49. The number of hydrogen-bond donors (Lipinski definition) is 2. The Balaban J connectivity index is 2.78. The molecule has 0 unspecified atom stereocenters. The zero-order chi connectivity index (χ0) is 17.8. The van der Waals surface area contributed by atoms with Crippen molar-refractivity contribution in [1.82, 2.24) is 9.71 Å². The average Bonchev–Trinajstić information content (AvgIpc) is 2.94. The van der Waals surface area contributed by atoms with Gasteiger partial charge in [0.15, 0.2) is 5.69 Å². The molecule has 0 aliphatic rings. The Bertz CT molecular complexity index is 552. The largest absolute Gasteiger partial charge is 0.464 e. The molecule has 132 valence electrons. The summed E-state index contributed by atoms with van der Waals surface area (Å²) in [5.41, 5.74) is 0.193. The lowest BCUT2D eigenvalue weighted by Crippen LogP contribution is -2.43. The van der Waals surface area contributed by atoms with Crippen molar-refractivity contribution in [1.29, 1.82) is 0 Å². The summed E-state index contributed by atoms with van der Waals surface area (Å²) in [6.07, 6.45) is -0.455. The number of aliphatic hydroxyl groups excluding tert-OH is 1. The van der Waals surface area contributed by atoms with Gasteiger partial charge in [-0.05, 0) is 33.1 Å². The minimum absolute atomic E-state index is 0.129. The summed E-state index contributed by atoms with van der Waals surface area (Å²) >= 11 is 1.21. The fourth-order valence-electron chi connectivity index (χ4n) is 1.75. The molecule has 0 aliphatic carbocycles. The van der Waals surface area contributed by atoms with E-state index in [2.05, 4.69) is 14.4 Å². The van der Waals surface area contributed by atoms with E-state index < -0.39 is 23.1 Å². The molecule has 2 N–H and O–H groups in total. The smallest absolute Gasteiger partial charge is 0.357 e. The van der Waals surface area contributed by atoms with Crippen LogP contribution in [0.1, 0.15) is 62.6 Å². The van der Waals surface area contributed by atoms with Crippen LogP contribution in [0.2, 0.25) is 0 Å². The van der Waals surface area contributed by atoms with Crippen LogP contribution in [0.25, 0.3) is 0 Å². The SMILES string of the molecule is COC(=O)c1csc([C@H](O)C[C@@H](N[S@](=O)C(C)(C)C)C(C)C)n1. The van der Waals surface area contributed by atoms with Crippen molar-refractivity contribution in [3.63, 3.8) is 0 Å². The second-order valence-electron chi connectivity index (χ2n) is 6.66. The molecule has 0 saturated carbocycles. The van der Waals surface area contributed by atoms with Gasteiger partial charge in [-0.15, -0.1) is 11.3 Å². The van der Waals surface area contributed by atoms with Gasteiger partial charge >= 0.3 is 5.97 Å². The van der Waals surface area contributed by atoms with Gasteiger partial charge in [0, 0.05) is 11.4 Å². The van der Waals surface area contributed by atoms with E-state index in [9.17, 15) is 14.1 Å². The zero-order valence-corrected chi connectivity index (χ0v) is 16.1. The second-order valence-corrected chi connectivity index (χ2v) is 9.55. The molecule has 6 nitrogen and oxygen atoms in total. The Kier molecular flexibility index (Phi) is 7.31. The molecule has 0 fully saturated rings. The monoisotopic (exact) mass is 362 g/mol. The van der Waals surface area contributed by atoms with Crippen LogP contribution in [0.3, 0.4) is 0 Å². The maximum absolute atomic E-state index is 12.3. The summed E-state index contributed by atoms with van der Waals surface area (Å²) in [4.78, 5) is 15.5. The Morgan fingerprint density at radius 2 is 2.09 bits per heavy atom. The Hall–Kier alpha value is -0.830. The molecule has 23 heavy (non-hydrogen) atoms. The number of nitrogens with zero attached hydrogens (tertiary/aromatic N) is 1. The quantitative estimate of drug-likeness (QED) is 0.727. The summed E-state index contributed by atoms with van der Waals surface area (Å²) in [7, 11) is 0.0734. The van der Waals surface area contributed by atoms with Crippen molar-refractivity contribution in [2.45, 2.75) is 57.9 Å². The third-order valence-corrected chi connectivity index (χ3v) is 5.87. The minimum atomic E-state index is -1.22. The van der Waals surface area contributed by atoms with E-state index in [1.807, 2.05) is 34.6 Å². The van der Waals surface area contributed by atoms with Crippen molar-refractivity contribution in [2.24, 2.45) is 5.92 Å². The number of aromatic nitrogens is 1. The van der Waals surface area contributed by atoms with E-state index >= 15 is 0 Å². The molecular formula is C15H26N2O4S2.